The highest BCUT2D eigenvalue weighted by molar-refractivity contribution is 6.30. The molecule has 2 heterocycles. The Morgan fingerprint density at radius 2 is 2.03 bits per heavy atom. The second-order valence-electron chi connectivity index (χ2n) is 6.42. The number of hydrogen-bond donors (Lipinski definition) is 1. The molecule has 1 atom stereocenters. The predicted molar refractivity (Wildman–Crippen MR) is 97.6 cm³/mol. The first kappa shape index (κ1) is 21.6. The summed E-state index contributed by atoms with van der Waals surface area (Å²) >= 11 is 5.63. The predicted octanol–water partition coefficient (Wildman–Crippen LogP) is 2.46. The Bertz CT molecular complexity index is 1120. The van der Waals surface area contributed by atoms with Gasteiger partial charge < -0.3 is 5.32 Å². The molecule has 2 aromatic heterocycles. The number of amides is 1. The first-order valence-corrected chi connectivity index (χ1v) is 8.89. The van der Waals surface area contributed by atoms with Crippen LogP contribution in [-0.4, -0.2) is 36.2 Å². The van der Waals surface area contributed by atoms with Crippen LogP contribution >= 0.6 is 11.6 Å². The summed E-state index contributed by atoms with van der Waals surface area (Å²) in [5.41, 5.74) is -0.192. The molecular weight excluding hydrogens is 432 g/mol. The lowest BCUT2D eigenvalue weighted by Crippen LogP contribution is -2.34. The molecule has 13 heteroatoms. The minimum Gasteiger partial charge on any atom is -0.348 e. The second-order valence-corrected chi connectivity index (χ2v) is 6.82. The van der Waals surface area contributed by atoms with Crippen molar-refractivity contribution in [3.63, 3.8) is 0 Å². The summed E-state index contributed by atoms with van der Waals surface area (Å²) in [5, 5.41) is 9.90. The van der Waals surface area contributed by atoms with Crippen LogP contribution in [0.5, 0.6) is 0 Å². The number of nitrogens with one attached hydrogen (secondary N) is 1. The van der Waals surface area contributed by atoms with Crippen molar-refractivity contribution in [1.82, 2.24) is 29.4 Å². The first-order valence-electron chi connectivity index (χ1n) is 8.52. The Morgan fingerprint density at radius 1 is 1.30 bits per heavy atom. The van der Waals surface area contributed by atoms with Gasteiger partial charge in [-0.25, -0.2) is 18.4 Å². The SMILES string of the molecule is C[C@H](NC(=O)Cn1ncn(-c2cnn(CC(F)(F)F)c2)c1=O)c1ccc(Cl)c(F)c1. The van der Waals surface area contributed by atoms with E-state index in [0.29, 0.717) is 10.2 Å². The number of benzene rings is 1. The van der Waals surface area contributed by atoms with Gasteiger partial charge in [0.15, 0.2) is 0 Å². The van der Waals surface area contributed by atoms with Crippen molar-refractivity contribution in [1.29, 1.82) is 0 Å². The van der Waals surface area contributed by atoms with Gasteiger partial charge in [0.25, 0.3) is 0 Å². The fraction of sp³-hybridized carbons (Fsp3) is 0.294. The number of carbonyl (C=O) groups excluding carboxylic acids is 1. The number of rotatable bonds is 6. The lowest BCUT2D eigenvalue weighted by atomic mass is 10.1. The summed E-state index contributed by atoms with van der Waals surface area (Å²) in [7, 11) is 0. The van der Waals surface area contributed by atoms with Crippen LogP contribution in [0.4, 0.5) is 17.6 Å². The molecule has 0 aliphatic heterocycles. The van der Waals surface area contributed by atoms with Crippen LogP contribution in [-0.2, 0) is 17.9 Å². The van der Waals surface area contributed by atoms with Gasteiger partial charge in [-0.2, -0.15) is 23.4 Å². The molecule has 0 bridgehead atoms. The summed E-state index contributed by atoms with van der Waals surface area (Å²) in [6, 6.07) is 3.53. The molecule has 3 rings (SSSR count). The Kier molecular flexibility index (Phi) is 5.97. The van der Waals surface area contributed by atoms with Gasteiger partial charge in [-0.1, -0.05) is 17.7 Å². The average molecular weight is 447 g/mol. The lowest BCUT2D eigenvalue weighted by Gasteiger charge is -2.14. The van der Waals surface area contributed by atoms with E-state index < -0.39 is 42.7 Å². The van der Waals surface area contributed by atoms with E-state index in [1.54, 1.807) is 13.0 Å². The monoisotopic (exact) mass is 446 g/mol. The van der Waals surface area contributed by atoms with E-state index in [9.17, 15) is 27.2 Å². The van der Waals surface area contributed by atoms with Crippen molar-refractivity contribution in [2.24, 2.45) is 0 Å². The van der Waals surface area contributed by atoms with Crippen LogP contribution in [0.15, 0.2) is 41.7 Å². The number of aromatic nitrogens is 5. The summed E-state index contributed by atoms with van der Waals surface area (Å²) in [5.74, 6) is -1.20. The maximum Gasteiger partial charge on any atom is 0.408 e. The van der Waals surface area contributed by atoms with Crippen molar-refractivity contribution >= 4 is 17.5 Å². The van der Waals surface area contributed by atoms with E-state index in [1.807, 2.05) is 0 Å². The van der Waals surface area contributed by atoms with Gasteiger partial charge in [0, 0.05) is 6.20 Å². The van der Waals surface area contributed by atoms with Gasteiger partial charge in [-0.15, -0.1) is 0 Å². The maximum atomic E-state index is 13.6. The highest BCUT2D eigenvalue weighted by atomic mass is 35.5. The molecular formula is C17H15ClF4N6O2. The van der Waals surface area contributed by atoms with Gasteiger partial charge in [-0.05, 0) is 24.6 Å². The molecule has 0 aliphatic carbocycles. The molecule has 3 aromatic rings. The molecule has 0 saturated heterocycles. The van der Waals surface area contributed by atoms with Gasteiger partial charge >= 0.3 is 11.9 Å². The van der Waals surface area contributed by atoms with Crippen molar-refractivity contribution in [3.8, 4) is 5.69 Å². The molecule has 30 heavy (non-hydrogen) atoms. The van der Waals surface area contributed by atoms with Crippen molar-refractivity contribution in [2.75, 3.05) is 0 Å². The fourth-order valence-corrected chi connectivity index (χ4v) is 2.78. The molecule has 0 aliphatic rings. The molecule has 1 N–H and O–H groups in total. The van der Waals surface area contributed by atoms with Crippen LogP contribution in [0, 0.1) is 5.82 Å². The number of carbonyl (C=O) groups is 1. The number of alkyl halides is 3. The quantitative estimate of drug-likeness (QED) is 0.589. The number of halogens is 5. The molecule has 0 fully saturated rings. The van der Waals surface area contributed by atoms with Crippen LogP contribution in [0.2, 0.25) is 5.02 Å². The summed E-state index contributed by atoms with van der Waals surface area (Å²) < 4.78 is 53.3. The third-order valence-corrected chi connectivity index (χ3v) is 4.39. The van der Waals surface area contributed by atoms with Crippen molar-refractivity contribution in [2.45, 2.75) is 32.2 Å². The third-order valence-electron chi connectivity index (χ3n) is 4.09. The second kappa shape index (κ2) is 8.30. The zero-order valence-corrected chi connectivity index (χ0v) is 16.2. The topological polar surface area (TPSA) is 86.7 Å². The van der Waals surface area contributed by atoms with Crippen molar-refractivity contribution < 1.29 is 22.4 Å². The Balaban J connectivity index is 1.68. The minimum absolute atomic E-state index is 0.0482. The molecule has 0 unspecified atom stereocenters. The molecule has 0 radical (unpaired) electrons. The Hall–Kier alpha value is -3.15. The molecule has 8 nitrogen and oxygen atoms in total. The van der Waals surface area contributed by atoms with E-state index in [1.165, 1.54) is 12.1 Å². The Morgan fingerprint density at radius 3 is 2.70 bits per heavy atom. The largest absolute Gasteiger partial charge is 0.408 e. The summed E-state index contributed by atoms with van der Waals surface area (Å²) in [6.07, 6.45) is -1.27. The van der Waals surface area contributed by atoms with Crippen LogP contribution in [0.3, 0.4) is 0 Å². The zero-order chi connectivity index (χ0) is 22.1. The number of hydrogen-bond acceptors (Lipinski definition) is 4. The summed E-state index contributed by atoms with van der Waals surface area (Å²) in [6.45, 7) is -0.124. The van der Waals surface area contributed by atoms with Gasteiger partial charge in [0.1, 0.15) is 25.2 Å². The first-order chi connectivity index (χ1) is 14.0. The average Bonchev–Trinajstić information content (AvgIpc) is 3.22. The fourth-order valence-electron chi connectivity index (χ4n) is 2.66. The third kappa shape index (κ3) is 5.06. The molecule has 1 aromatic carbocycles. The maximum absolute atomic E-state index is 13.6. The standard InChI is InChI=1S/C17H15ClF4N6O2/c1-10(11-2-3-13(18)14(19)4-11)25-15(29)7-28-16(30)27(9-24-28)12-5-23-26(6-12)8-17(20,21)22/h2-6,9-10H,7-8H2,1H3,(H,25,29)/t10-/m0/s1. The van der Waals surface area contributed by atoms with Crippen LogP contribution in [0.1, 0.15) is 18.5 Å². The van der Waals surface area contributed by atoms with Crippen LogP contribution < -0.4 is 11.0 Å². The lowest BCUT2D eigenvalue weighted by molar-refractivity contribution is -0.142. The van der Waals surface area contributed by atoms with Gasteiger partial charge in [0.2, 0.25) is 5.91 Å². The van der Waals surface area contributed by atoms with E-state index in [0.717, 1.165) is 28.0 Å². The van der Waals surface area contributed by atoms with Crippen molar-refractivity contribution in [3.05, 3.63) is 63.8 Å². The molecule has 0 spiro atoms. The highest BCUT2D eigenvalue weighted by Crippen LogP contribution is 2.20. The molecule has 0 saturated carbocycles. The van der Waals surface area contributed by atoms with E-state index in [2.05, 4.69) is 15.5 Å². The number of nitrogens with zero attached hydrogens (tertiary/aromatic N) is 5. The molecule has 1 amide bonds. The van der Waals surface area contributed by atoms with E-state index in [-0.39, 0.29) is 10.7 Å². The van der Waals surface area contributed by atoms with Gasteiger partial charge in [0.05, 0.1) is 22.9 Å². The Labute approximate surface area is 171 Å². The van der Waals surface area contributed by atoms with Gasteiger partial charge in [-0.3, -0.25) is 9.48 Å². The van der Waals surface area contributed by atoms with E-state index >= 15 is 0 Å². The van der Waals surface area contributed by atoms with E-state index in [4.69, 9.17) is 11.6 Å². The normalized spacial score (nSPS) is 12.7. The minimum atomic E-state index is -4.46. The van der Waals surface area contributed by atoms with Crippen LogP contribution in [0.25, 0.3) is 5.69 Å². The smallest absolute Gasteiger partial charge is 0.348 e. The highest BCUT2D eigenvalue weighted by Gasteiger charge is 2.28. The molecule has 160 valence electrons. The summed E-state index contributed by atoms with van der Waals surface area (Å²) in [4.78, 5) is 24.6. The zero-order valence-electron chi connectivity index (χ0n) is 15.4.